The SMILES string of the molecule is CN1CCc2cc(Cl)c(O)cc2[C@@H]2c3ccccc3C[C@H]21. The molecule has 0 amide bonds. The van der Waals surface area contributed by atoms with E-state index in [-0.39, 0.29) is 5.75 Å². The molecule has 108 valence electrons. The molecule has 1 aliphatic carbocycles. The maximum absolute atomic E-state index is 10.1. The molecule has 3 heteroatoms. The molecule has 4 rings (SSSR count). The molecule has 1 heterocycles. The maximum Gasteiger partial charge on any atom is 0.134 e. The number of aromatic hydroxyl groups is 1. The number of fused-ring (bicyclic) bond motifs is 5. The third-order valence-electron chi connectivity index (χ3n) is 5.05. The number of halogens is 1. The molecular formula is C18H18ClNO. The Morgan fingerprint density at radius 2 is 1.95 bits per heavy atom. The van der Waals surface area contributed by atoms with Gasteiger partial charge in [0, 0.05) is 18.5 Å². The van der Waals surface area contributed by atoms with Crippen molar-refractivity contribution in [3.8, 4) is 5.75 Å². The van der Waals surface area contributed by atoms with Gasteiger partial charge in [-0.15, -0.1) is 0 Å². The van der Waals surface area contributed by atoms with E-state index in [1.165, 1.54) is 22.3 Å². The first-order valence-electron chi connectivity index (χ1n) is 7.44. The Labute approximate surface area is 130 Å². The highest BCUT2D eigenvalue weighted by Gasteiger charge is 2.38. The zero-order valence-electron chi connectivity index (χ0n) is 12.0. The maximum atomic E-state index is 10.1. The van der Waals surface area contributed by atoms with Crippen molar-refractivity contribution in [1.29, 1.82) is 0 Å². The first kappa shape index (κ1) is 13.2. The number of rotatable bonds is 0. The smallest absolute Gasteiger partial charge is 0.134 e. The zero-order valence-corrected chi connectivity index (χ0v) is 12.8. The molecule has 0 saturated carbocycles. The molecule has 2 aromatic carbocycles. The zero-order chi connectivity index (χ0) is 14.6. The molecule has 2 aliphatic rings. The summed E-state index contributed by atoms with van der Waals surface area (Å²) in [5, 5.41) is 10.5. The highest BCUT2D eigenvalue weighted by Crippen LogP contribution is 2.45. The van der Waals surface area contributed by atoms with E-state index in [9.17, 15) is 5.11 Å². The van der Waals surface area contributed by atoms with E-state index in [2.05, 4.69) is 36.2 Å². The van der Waals surface area contributed by atoms with Crippen molar-refractivity contribution >= 4 is 11.6 Å². The van der Waals surface area contributed by atoms with Crippen molar-refractivity contribution in [3.63, 3.8) is 0 Å². The summed E-state index contributed by atoms with van der Waals surface area (Å²) in [5.74, 6) is 0.537. The lowest BCUT2D eigenvalue weighted by molar-refractivity contribution is 0.244. The van der Waals surface area contributed by atoms with E-state index in [0.29, 0.717) is 17.0 Å². The summed E-state index contributed by atoms with van der Waals surface area (Å²) in [5.41, 5.74) is 5.35. The van der Waals surface area contributed by atoms with Crippen molar-refractivity contribution in [1.82, 2.24) is 4.90 Å². The van der Waals surface area contributed by atoms with E-state index in [0.717, 1.165) is 19.4 Å². The van der Waals surface area contributed by atoms with E-state index >= 15 is 0 Å². The van der Waals surface area contributed by atoms with Crippen LogP contribution < -0.4 is 0 Å². The molecule has 1 aliphatic heterocycles. The summed E-state index contributed by atoms with van der Waals surface area (Å²) >= 11 is 6.11. The summed E-state index contributed by atoms with van der Waals surface area (Å²) in [6, 6.07) is 13.0. The number of phenols is 1. The lowest BCUT2D eigenvalue weighted by atomic mass is 9.87. The number of likely N-dealkylation sites (N-methyl/N-ethyl adjacent to an activating group) is 1. The van der Waals surface area contributed by atoms with Crippen LogP contribution in [-0.4, -0.2) is 29.6 Å². The number of phenolic OH excluding ortho intramolecular Hbond substituents is 1. The van der Waals surface area contributed by atoms with Crippen molar-refractivity contribution in [2.24, 2.45) is 0 Å². The lowest BCUT2D eigenvalue weighted by Gasteiger charge is -2.27. The quantitative estimate of drug-likeness (QED) is 0.803. The number of nitrogens with zero attached hydrogens (tertiary/aromatic N) is 1. The average Bonchev–Trinajstić information content (AvgIpc) is 2.81. The largest absolute Gasteiger partial charge is 0.506 e. The molecule has 0 saturated heterocycles. The third-order valence-corrected chi connectivity index (χ3v) is 5.35. The molecule has 0 aromatic heterocycles. The van der Waals surface area contributed by atoms with Gasteiger partial charge in [0.05, 0.1) is 5.02 Å². The molecule has 0 radical (unpaired) electrons. The Morgan fingerprint density at radius 1 is 1.14 bits per heavy atom. The predicted molar refractivity (Wildman–Crippen MR) is 85.2 cm³/mol. The van der Waals surface area contributed by atoms with E-state index < -0.39 is 0 Å². The van der Waals surface area contributed by atoms with Gasteiger partial charge in [0.2, 0.25) is 0 Å². The van der Waals surface area contributed by atoms with Crippen LogP contribution in [0.4, 0.5) is 0 Å². The van der Waals surface area contributed by atoms with Crippen molar-refractivity contribution in [2.75, 3.05) is 13.6 Å². The van der Waals surface area contributed by atoms with Gasteiger partial charge in [0.25, 0.3) is 0 Å². The molecule has 0 spiro atoms. The molecule has 0 bridgehead atoms. The highest BCUT2D eigenvalue weighted by molar-refractivity contribution is 6.32. The Hall–Kier alpha value is -1.51. The van der Waals surface area contributed by atoms with Gasteiger partial charge in [-0.2, -0.15) is 0 Å². The van der Waals surface area contributed by atoms with Gasteiger partial charge >= 0.3 is 0 Å². The van der Waals surface area contributed by atoms with E-state index in [1.807, 2.05) is 12.1 Å². The first-order chi connectivity index (χ1) is 10.1. The minimum atomic E-state index is 0.197. The van der Waals surface area contributed by atoms with E-state index in [1.54, 1.807) is 0 Å². The fraction of sp³-hybridized carbons (Fsp3) is 0.333. The molecular weight excluding hydrogens is 282 g/mol. The minimum absolute atomic E-state index is 0.197. The third kappa shape index (κ3) is 1.97. The first-order valence-corrected chi connectivity index (χ1v) is 7.82. The fourth-order valence-electron chi connectivity index (χ4n) is 3.95. The van der Waals surface area contributed by atoms with Crippen LogP contribution in [0.5, 0.6) is 5.75 Å². The Balaban J connectivity index is 1.94. The lowest BCUT2D eigenvalue weighted by Crippen LogP contribution is -2.34. The fourth-order valence-corrected chi connectivity index (χ4v) is 4.13. The summed E-state index contributed by atoms with van der Waals surface area (Å²) in [6.07, 6.45) is 2.07. The summed E-state index contributed by atoms with van der Waals surface area (Å²) in [4.78, 5) is 2.45. The Bertz CT molecular complexity index is 712. The Kier molecular flexibility index (Phi) is 2.98. The van der Waals surface area contributed by atoms with E-state index in [4.69, 9.17) is 11.6 Å². The molecule has 2 aromatic rings. The number of hydrogen-bond acceptors (Lipinski definition) is 2. The summed E-state index contributed by atoms with van der Waals surface area (Å²) in [6.45, 7) is 1.03. The van der Waals surface area contributed by atoms with Gasteiger partial charge in [-0.1, -0.05) is 35.9 Å². The van der Waals surface area contributed by atoms with Crippen LogP contribution in [-0.2, 0) is 12.8 Å². The molecule has 2 nitrogen and oxygen atoms in total. The molecule has 2 atom stereocenters. The van der Waals surface area contributed by atoms with Crippen LogP contribution in [0.25, 0.3) is 0 Å². The van der Waals surface area contributed by atoms with Gasteiger partial charge in [-0.3, -0.25) is 0 Å². The summed E-state index contributed by atoms with van der Waals surface area (Å²) < 4.78 is 0. The molecule has 0 unspecified atom stereocenters. The molecule has 21 heavy (non-hydrogen) atoms. The van der Waals surface area contributed by atoms with Gasteiger partial charge < -0.3 is 10.0 Å². The van der Waals surface area contributed by atoms with Crippen molar-refractivity contribution < 1.29 is 5.11 Å². The average molecular weight is 300 g/mol. The van der Waals surface area contributed by atoms with Crippen LogP contribution in [0.1, 0.15) is 28.2 Å². The Morgan fingerprint density at radius 3 is 2.81 bits per heavy atom. The van der Waals surface area contributed by atoms with Crippen LogP contribution in [0, 0.1) is 0 Å². The van der Waals surface area contributed by atoms with Crippen molar-refractivity contribution in [3.05, 3.63) is 63.7 Å². The van der Waals surface area contributed by atoms with Gasteiger partial charge in [0.1, 0.15) is 5.75 Å². The molecule has 1 N–H and O–H groups in total. The highest BCUT2D eigenvalue weighted by atomic mass is 35.5. The van der Waals surface area contributed by atoms with Crippen LogP contribution in [0.15, 0.2) is 36.4 Å². The number of hydrogen-bond donors (Lipinski definition) is 1. The van der Waals surface area contributed by atoms with Crippen LogP contribution >= 0.6 is 11.6 Å². The monoisotopic (exact) mass is 299 g/mol. The van der Waals surface area contributed by atoms with Crippen LogP contribution in [0.3, 0.4) is 0 Å². The second kappa shape index (κ2) is 4.75. The summed E-state index contributed by atoms with van der Waals surface area (Å²) in [7, 11) is 2.21. The van der Waals surface area contributed by atoms with Crippen molar-refractivity contribution in [2.45, 2.75) is 24.8 Å². The second-order valence-electron chi connectivity index (χ2n) is 6.18. The standard InChI is InChI=1S/C18H18ClNO/c1-20-7-6-12-8-15(19)17(21)10-14(12)18-13-5-3-2-4-11(13)9-16(18)20/h2-5,8,10,16,18,21H,6-7,9H2,1H3/t16-,18+/m1/s1. The van der Waals surface area contributed by atoms with Gasteiger partial charge in [0.15, 0.2) is 0 Å². The topological polar surface area (TPSA) is 23.5 Å². The normalized spacial score (nSPS) is 24.1. The van der Waals surface area contributed by atoms with Gasteiger partial charge in [-0.05, 0) is 54.3 Å². The minimum Gasteiger partial charge on any atom is -0.506 e. The number of benzene rings is 2. The predicted octanol–water partition coefficient (Wildman–Crippen LogP) is 3.59. The molecule has 0 fully saturated rings. The second-order valence-corrected chi connectivity index (χ2v) is 6.59. The van der Waals surface area contributed by atoms with Gasteiger partial charge in [-0.25, -0.2) is 0 Å². The van der Waals surface area contributed by atoms with Crippen LogP contribution in [0.2, 0.25) is 5.02 Å².